The van der Waals surface area contributed by atoms with Crippen LogP contribution in [0.3, 0.4) is 0 Å². The molecule has 2 N–H and O–H groups in total. The fourth-order valence-electron chi connectivity index (χ4n) is 0.513. The molecule has 0 aromatic rings. The minimum atomic E-state index is -0.426. The van der Waals surface area contributed by atoms with E-state index in [0.717, 1.165) is 0 Å². The highest BCUT2D eigenvalue weighted by atomic mass is 32.1. The first-order chi connectivity index (χ1) is 5.00. The van der Waals surface area contributed by atoms with Crippen molar-refractivity contribution in [3.63, 3.8) is 0 Å². The highest BCUT2D eigenvalue weighted by Gasteiger charge is 2.19. The molecule has 0 bridgehead atoms. The molecule has 0 aromatic carbocycles. The highest BCUT2D eigenvalue weighted by Crippen LogP contribution is 2.16. The van der Waals surface area contributed by atoms with Crippen LogP contribution in [-0.4, -0.2) is 22.9 Å². The number of nitrogens with one attached hydrogen (secondary N) is 1. The summed E-state index contributed by atoms with van der Waals surface area (Å²) in [7, 11) is 0. The van der Waals surface area contributed by atoms with E-state index in [0.29, 0.717) is 0 Å². The number of amidine groups is 1. The Morgan fingerprint density at radius 1 is 1.73 bits per heavy atom. The van der Waals surface area contributed by atoms with Crippen LogP contribution in [0.25, 0.3) is 0 Å². The Balaban J connectivity index is 4.23. The van der Waals surface area contributed by atoms with Gasteiger partial charge in [0.1, 0.15) is 5.84 Å². The molecule has 0 rings (SSSR count). The predicted molar refractivity (Wildman–Crippen MR) is 51.0 cm³/mol. The van der Waals surface area contributed by atoms with Gasteiger partial charge in [-0.2, -0.15) is 12.6 Å². The van der Waals surface area contributed by atoms with E-state index >= 15 is 0 Å². The maximum absolute atomic E-state index is 8.93. The lowest BCUT2D eigenvalue weighted by molar-refractivity contribution is 0.350. The summed E-state index contributed by atoms with van der Waals surface area (Å²) in [5.41, 5.74) is 0. The van der Waals surface area contributed by atoms with Crippen molar-refractivity contribution < 1.29 is 5.11 Å². The summed E-state index contributed by atoms with van der Waals surface area (Å²) in [4.78, 5) is 3.40. The zero-order chi connectivity index (χ0) is 9.02. The minimum Gasteiger partial charge on any atom is -0.513 e. The van der Waals surface area contributed by atoms with Gasteiger partial charge in [0.15, 0.2) is 0 Å². The molecule has 0 heterocycles. The molecule has 0 aromatic heterocycles. The monoisotopic (exact) mass is 172 g/mol. The van der Waals surface area contributed by atoms with Gasteiger partial charge in [0.05, 0.1) is 11.0 Å². The molecule has 0 aliphatic rings. The molecule has 0 amide bonds. The molecule has 0 aliphatic carbocycles. The van der Waals surface area contributed by atoms with Gasteiger partial charge in [-0.15, -0.1) is 0 Å². The maximum atomic E-state index is 8.93. The number of hydrogen-bond acceptors (Lipinski definition) is 3. The second-order valence-electron chi connectivity index (χ2n) is 2.27. The lowest BCUT2D eigenvalue weighted by Crippen LogP contribution is -2.21. The van der Waals surface area contributed by atoms with Gasteiger partial charge in [-0.3, -0.25) is 5.41 Å². The van der Waals surface area contributed by atoms with Crippen molar-refractivity contribution in [1.82, 2.24) is 0 Å². The molecule has 3 nitrogen and oxygen atoms in total. The number of hydrogen-bond donors (Lipinski definition) is 3. The summed E-state index contributed by atoms with van der Waals surface area (Å²) in [6, 6.07) is 0. The van der Waals surface area contributed by atoms with E-state index in [1.807, 2.05) is 0 Å². The third-order valence-electron chi connectivity index (χ3n) is 1.45. The molecule has 62 valence electrons. The molecule has 0 saturated carbocycles. The molecule has 0 spiro atoms. The first-order valence-electron chi connectivity index (χ1n) is 3.11. The fourth-order valence-corrected chi connectivity index (χ4v) is 0.766. The minimum absolute atomic E-state index is 0.0124. The topological polar surface area (TPSA) is 56.4 Å². The lowest BCUT2D eigenvalue weighted by atomic mass is 10.1. The SMILES string of the molecule is C=NC(=N)C(S)C(C)C(=C)O. The average Bonchev–Trinajstić information content (AvgIpc) is 2.00. The average molecular weight is 172 g/mol. The van der Waals surface area contributed by atoms with Crippen LogP contribution < -0.4 is 0 Å². The third-order valence-corrected chi connectivity index (χ3v) is 2.14. The van der Waals surface area contributed by atoms with E-state index in [1.54, 1.807) is 6.92 Å². The van der Waals surface area contributed by atoms with E-state index in [2.05, 4.69) is 30.9 Å². The number of aliphatic hydroxyl groups is 1. The van der Waals surface area contributed by atoms with Gasteiger partial charge < -0.3 is 5.11 Å². The molecule has 11 heavy (non-hydrogen) atoms. The molecule has 0 fully saturated rings. The van der Waals surface area contributed by atoms with Crippen molar-refractivity contribution in [1.29, 1.82) is 5.41 Å². The molecular formula is C7H12N2OS. The number of aliphatic imine (C=N–C) groups is 1. The van der Waals surface area contributed by atoms with E-state index in [-0.39, 0.29) is 17.5 Å². The maximum Gasteiger partial charge on any atom is 0.133 e. The Bertz CT molecular complexity index is 191. The van der Waals surface area contributed by atoms with Gasteiger partial charge in [-0.05, 0) is 6.72 Å². The van der Waals surface area contributed by atoms with Crippen LogP contribution in [0, 0.1) is 11.3 Å². The van der Waals surface area contributed by atoms with Crippen LogP contribution in [0.4, 0.5) is 0 Å². The van der Waals surface area contributed by atoms with Gasteiger partial charge in [0, 0.05) is 5.92 Å². The smallest absolute Gasteiger partial charge is 0.133 e. The highest BCUT2D eigenvalue weighted by molar-refractivity contribution is 7.81. The normalized spacial score (nSPS) is 15.1. The Hall–Kier alpha value is -0.770. The Morgan fingerprint density at radius 3 is 2.45 bits per heavy atom. The molecule has 2 unspecified atom stereocenters. The van der Waals surface area contributed by atoms with Crippen LogP contribution in [0.2, 0.25) is 0 Å². The molecule has 0 aliphatic heterocycles. The second-order valence-corrected chi connectivity index (χ2v) is 2.82. The van der Waals surface area contributed by atoms with Crippen LogP contribution in [0.5, 0.6) is 0 Å². The zero-order valence-corrected chi connectivity index (χ0v) is 7.30. The summed E-state index contributed by atoms with van der Waals surface area (Å²) >= 11 is 4.06. The van der Waals surface area contributed by atoms with Crippen molar-refractivity contribution in [3.05, 3.63) is 12.3 Å². The zero-order valence-electron chi connectivity index (χ0n) is 6.41. The molecule has 0 saturated heterocycles. The number of nitrogens with zero attached hydrogens (tertiary/aromatic N) is 1. The second kappa shape index (κ2) is 4.18. The summed E-state index contributed by atoms with van der Waals surface area (Å²) in [6.45, 7) is 8.25. The third kappa shape index (κ3) is 2.76. The number of allylic oxidation sites excluding steroid dienone is 1. The Kier molecular flexibility index (Phi) is 3.89. The Labute approximate surface area is 71.8 Å². The van der Waals surface area contributed by atoms with Crippen LogP contribution in [0.1, 0.15) is 6.92 Å². The predicted octanol–water partition coefficient (Wildman–Crippen LogP) is 1.67. The van der Waals surface area contributed by atoms with E-state index in [9.17, 15) is 0 Å². The first kappa shape index (κ1) is 10.2. The van der Waals surface area contributed by atoms with Gasteiger partial charge in [-0.1, -0.05) is 13.5 Å². The van der Waals surface area contributed by atoms with Crippen molar-refractivity contribution in [2.24, 2.45) is 10.9 Å². The summed E-state index contributed by atoms with van der Waals surface area (Å²) in [5.74, 6) is -0.203. The molecule has 2 atom stereocenters. The molecule has 4 heteroatoms. The quantitative estimate of drug-likeness (QED) is 0.258. The summed E-state index contributed by atoms with van der Waals surface area (Å²) in [6.07, 6.45) is 0. The lowest BCUT2D eigenvalue weighted by Gasteiger charge is -2.15. The molecular weight excluding hydrogens is 160 g/mol. The summed E-state index contributed by atoms with van der Waals surface area (Å²) in [5, 5.41) is 15.7. The van der Waals surface area contributed by atoms with Gasteiger partial charge in [0.2, 0.25) is 0 Å². The van der Waals surface area contributed by atoms with Crippen LogP contribution >= 0.6 is 12.6 Å². The number of thiol groups is 1. The Morgan fingerprint density at radius 2 is 2.18 bits per heavy atom. The van der Waals surface area contributed by atoms with Crippen molar-refractivity contribution in [2.75, 3.05) is 0 Å². The number of aliphatic hydroxyl groups excluding tert-OH is 1. The van der Waals surface area contributed by atoms with E-state index in [4.69, 9.17) is 10.5 Å². The summed E-state index contributed by atoms with van der Waals surface area (Å²) < 4.78 is 0. The standard InChI is InChI=1S/C7H12N2OS/c1-4(5(2)10)6(11)7(8)9-3/h4,6,8,10-11H,2-3H2,1H3. The van der Waals surface area contributed by atoms with Gasteiger partial charge in [-0.25, -0.2) is 4.99 Å². The van der Waals surface area contributed by atoms with Crippen molar-refractivity contribution in [2.45, 2.75) is 12.2 Å². The van der Waals surface area contributed by atoms with Gasteiger partial charge in [0.25, 0.3) is 0 Å². The largest absolute Gasteiger partial charge is 0.513 e. The van der Waals surface area contributed by atoms with Crippen molar-refractivity contribution in [3.8, 4) is 0 Å². The first-order valence-corrected chi connectivity index (χ1v) is 3.63. The van der Waals surface area contributed by atoms with Crippen LogP contribution in [-0.2, 0) is 0 Å². The number of rotatable bonds is 3. The van der Waals surface area contributed by atoms with E-state index < -0.39 is 5.25 Å². The van der Waals surface area contributed by atoms with Gasteiger partial charge >= 0.3 is 0 Å². The molecule has 0 radical (unpaired) electrons. The van der Waals surface area contributed by atoms with Crippen LogP contribution in [0.15, 0.2) is 17.3 Å². The van der Waals surface area contributed by atoms with E-state index in [1.165, 1.54) is 0 Å². The fraction of sp³-hybridized carbons (Fsp3) is 0.429. The van der Waals surface area contributed by atoms with Crippen molar-refractivity contribution >= 4 is 25.2 Å².